The summed E-state index contributed by atoms with van der Waals surface area (Å²) >= 11 is 6.01. The van der Waals surface area contributed by atoms with Gasteiger partial charge in [-0.3, -0.25) is 0 Å². The smallest absolute Gasteiger partial charge is 0.339 e. The fourth-order valence-corrected chi connectivity index (χ4v) is 2.56. The molecule has 0 atom stereocenters. The maximum absolute atomic E-state index is 11.5. The van der Waals surface area contributed by atoms with Gasteiger partial charge < -0.3 is 5.11 Å². The Bertz CT molecular complexity index is 705. The molecule has 0 amide bonds. The topological polar surface area (TPSA) is 55.1 Å². The molecule has 2 rings (SSSR count). The Kier molecular flexibility index (Phi) is 5.39. The Labute approximate surface area is 135 Å². The Morgan fingerprint density at radius 1 is 1.41 bits per heavy atom. The normalized spacial score (nSPS) is 11.2. The summed E-state index contributed by atoms with van der Waals surface area (Å²) in [6, 6.07) is 7.23. The van der Waals surface area contributed by atoms with Crippen LogP contribution < -0.4 is 0 Å². The van der Waals surface area contributed by atoms with Crippen molar-refractivity contribution in [1.82, 2.24) is 9.78 Å². The van der Waals surface area contributed by atoms with Crippen LogP contribution in [0.5, 0.6) is 0 Å². The number of aromatic carboxylic acids is 1. The number of halogens is 1. The molecule has 1 heterocycles. The van der Waals surface area contributed by atoms with Crippen LogP contribution in [0.1, 0.15) is 41.5 Å². The number of aryl methyl sites for hydroxylation is 1. The number of carbonyl (C=O) groups is 1. The van der Waals surface area contributed by atoms with Crippen LogP contribution in [0.3, 0.4) is 0 Å². The Balaban J connectivity index is 2.40. The third-order valence-electron chi connectivity index (χ3n) is 3.41. The van der Waals surface area contributed by atoms with E-state index in [9.17, 15) is 9.90 Å². The fourth-order valence-electron chi connectivity index (χ4n) is 2.38. The van der Waals surface area contributed by atoms with Gasteiger partial charge in [-0.2, -0.15) is 5.10 Å². The number of carboxylic acid groups (broad SMARTS) is 1. The lowest BCUT2D eigenvalue weighted by Gasteiger charge is -2.04. The number of aromatic nitrogens is 2. The SMILES string of the molecule is CC/C=C\CCc1nn(-c2cccc(Cl)c2)c(C)c1C(=O)O. The molecule has 5 heteroatoms. The average molecular weight is 319 g/mol. The molecule has 0 fully saturated rings. The standard InChI is InChI=1S/C17H19ClN2O2/c1-3-4-5-6-10-15-16(17(21)22)12(2)20(19-15)14-9-7-8-13(18)11-14/h4-5,7-9,11H,3,6,10H2,1-2H3,(H,21,22)/b5-4-. The molecule has 4 nitrogen and oxygen atoms in total. The molecule has 0 radical (unpaired) electrons. The fraction of sp³-hybridized carbons (Fsp3) is 0.294. The number of allylic oxidation sites excluding steroid dienone is 2. The maximum Gasteiger partial charge on any atom is 0.339 e. The molecular formula is C17H19ClN2O2. The lowest BCUT2D eigenvalue weighted by molar-refractivity contribution is 0.0695. The first-order valence-electron chi connectivity index (χ1n) is 7.27. The molecule has 0 aliphatic rings. The molecule has 22 heavy (non-hydrogen) atoms. The first kappa shape index (κ1) is 16.3. The molecule has 0 aliphatic heterocycles. The molecule has 1 aromatic carbocycles. The largest absolute Gasteiger partial charge is 0.478 e. The lowest BCUT2D eigenvalue weighted by atomic mass is 10.1. The van der Waals surface area contributed by atoms with Crippen LogP contribution in [0.15, 0.2) is 36.4 Å². The molecule has 0 bridgehead atoms. The third kappa shape index (κ3) is 3.57. The van der Waals surface area contributed by atoms with Crippen molar-refractivity contribution >= 4 is 17.6 Å². The van der Waals surface area contributed by atoms with Crippen molar-refractivity contribution in [2.75, 3.05) is 0 Å². The van der Waals surface area contributed by atoms with Crippen LogP contribution in [0.25, 0.3) is 5.69 Å². The third-order valence-corrected chi connectivity index (χ3v) is 3.64. The monoisotopic (exact) mass is 318 g/mol. The van der Waals surface area contributed by atoms with E-state index in [4.69, 9.17) is 11.6 Å². The summed E-state index contributed by atoms with van der Waals surface area (Å²) in [5.41, 5.74) is 2.27. The first-order valence-corrected chi connectivity index (χ1v) is 7.65. The maximum atomic E-state index is 11.5. The summed E-state index contributed by atoms with van der Waals surface area (Å²) in [4.78, 5) is 11.5. The highest BCUT2D eigenvalue weighted by Gasteiger charge is 2.20. The van der Waals surface area contributed by atoms with Gasteiger partial charge in [0.2, 0.25) is 0 Å². The highest BCUT2D eigenvalue weighted by molar-refractivity contribution is 6.30. The van der Waals surface area contributed by atoms with Gasteiger partial charge in [0.15, 0.2) is 0 Å². The van der Waals surface area contributed by atoms with Crippen molar-refractivity contribution in [2.45, 2.75) is 33.1 Å². The molecule has 116 valence electrons. The van der Waals surface area contributed by atoms with Crippen molar-refractivity contribution in [1.29, 1.82) is 0 Å². The van der Waals surface area contributed by atoms with Gasteiger partial charge in [-0.15, -0.1) is 0 Å². The number of carboxylic acids is 1. The Hall–Kier alpha value is -2.07. The minimum Gasteiger partial charge on any atom is -0.478 e. The van der Waals surface area contributed by atoms with Gasteiger partial charge in [-0.05, 0) is 44.4 Å². The van der Waals surface area contributed by atoms with E-state index in [1.807, 2.05) is 12.1 Å². The second kappa shape index (κ2) is 7.27. The summed E-state index contributed by atoms with van der Waals surface area (Å²) in [5, 5.41) is 14.5. The van der Waals surface area contributed by atoms with Crippen molar-refractivity contribution < 1.29 is 9.90 Å². The minimum absolute atomic E-state index is 0.282. The van der Waals surface area contributed by atoms with E-state index in [1.54, 1.807) is 23.7 Å². The second-order valence-electron chi connectivity index (χ2n) is 5.02. The van der Waals surface area contributed by atoms with Crippen LogP contribution in [-0.2, 0) is 6.42 Å². The zero-order chi connectivity index (χ0) is 16.1. The van der Waals surface area contributed by atoms with Crippen LogP contribution >= 0.6 is 11.6 Å². The second-order valence-corrected chi connectivity index (χ2v) is 5.46. The van der Waals surface area contributed by atoms with Crippen LogP contribution in [-0.4, -0.2) is 20.9 Å². The number of nitrogens with zero attached hydrogens (tertiary/aromatic N) is 2. The van der Waals surface area contributed by atoms with Crippen molar-refractivity contribution in [3.8, 4) is 5.69 Å². The van der Waals surface area contributed by atoms with E-state index < -0.39 is 5.97 Å². The molecule has 0 saturated carbocycles. The van der Waals surface area contributed by atoms with E-state index in [0.717, 1.165) is 18.5 Å². The predicted molar refractivity (Wildman–Crippen MR) is 88.0 cm³/mol. The van der Waals surface area contributed by atoms with Crippen molar-refractivity contribution in [3.05, 3.63) is 58.4 Å². The van der Waals surface area contributed by atoms with Gasteiger partial charge in [-0.1, -0.05) is 36.7 Å². The first-order chi connectivity index (χ1) is 10.5. The summed E-state index contributed by atoms with van der Waals surface area (Å²) in [7, 11) is 0. The molecule has 0 spiro atoms. The highest BCUT2D eigenvalue weighted by Crippen LogP contribution is 2.21. The van der Waals surface area contributed by atoms with Gasteiger partial charge in [0.25, 0.3) is 0 Å². The molecule has 0 aliphatic carbocycles. The van der Waals surface area contributed by atoms with Gasteiger partial charge in [0.05, 0.1) is 17.1 Å². The zero-order valence-corrected chi connectivity index (χ0v) is 13.5. The van der Waals surface area contributed by atoms with Crippen molar-refractivity contribution in [2.24, 2.45) is 0 Å². The van der Waals surface area contributed by atoms with E-state index >= 15 is 0 Å². The van der Waals surface area contributed by atoms with Crippen molar-refractivity contribution in [3.63, 3.8) is 0 Å². The molecule has 0 saturated heterocycles. The van der Waals surface area contributed by atoms with Gasteiger partial charge >= 0.3 is 5.97 Å². The molecule has 2 aromatic rings. The average Bonchev–Trinajstić information content (AvgIpc) is 2.80. The lowest BCUT2D eigenvalue weighted by Crippen LogP contribution is -2.03. The summed E-state index contributed by atoms with van der Waals surface area (Å²) in [6.07, 6.45) is 6.48. The van der Waals surface area contributed by atoms with Gasteiger partial charge in [-0.25, -0.2) is 9.48 Å². The van der Waals surface area contributed by atoms with E-state index in [0.29, 0.717) is 22.8 Å². The summed E-state index contributed by atoms with van der Waals surface area (Å²) < 4.78 is 1.65. The van der Waals surface area contributed by atoms with E-state index in [-0.39, 0.29) is 5.56 Å². The molecule has 1 aromatic heterocycles. The summed E-state index contributed by atoms with van der Waals surface area (Å²) in [5.74, 6) is -0.944. The highest BCUT2D eigenvalue weighted by atomic mass is 35.5. The molecule has 0 unspecified atom stereocenters. The predicted octanol–water partition coefficient (Wildman–Crippen LogP) is 4.43. The number of hydrogen-bond acceptors (Lipinski definition) is 2. The quantitative estimate of drug-likeness (QED) is 0.801. The van der Waals surface area contributed by atoms with Crippen LogP contribution in [0, 0.1) is 6.92 Å². The molecule has 1 N–H and O–H groups in total. The number of rotatable bonds is 6. The van der Waals surface area contributed by atoms with Gasteiger partial charge in [0, 0.05) is 5.02 Å². The number of hydrogen-bond donors (Lipinski definition) is 1. The number of benzene rings is 1. The minimum atomic E-state index is -0.944. The molecular weight excluding hydrogens is 300 g/mol. The summed E-state index contributed by atoms with van der Waals surface area (Å²) in [6.45, 7) is 3.83. The van der Waals surface area contributed by atoms with Crippen LogP contribution in [0.2, 0.25) is 5.02 Å². The van der Waals surface area contributed by atoms with Crippen LogP contribution in [0.4, 0.5) is 0 Å². The Morgan fingerprint density at radius 3 is 2.82 bits per heavy atom. The zero-order valence-electron chi connectivity index (χ0n) is 12.7. The Morgan fingerprint density at radius 2 is 2.18 bits per heavy atom. The van der Waals surface area contributed by atoms with E-state index in [2.05, 4.69) is 24.2 Å². The van der Waals surface area contributed by atoms with Gasteiger partial charge in [0.1, 0.15) is 5.56 Å². The van der Waals surface area contributed by atoms with E-state index in [1.165, 1.54) is 0 Å².